The maximum atomic E-state index is 3.91. The van der Waals surface area contributed by atoms with Crippen LogP contribution in [-0.4, -0.2) is 25.8 Å². The predicted molar refractivity (Wildman–Crippen MR) is 56.4 cm³/mol. The van der Waals surface area contributed by atoms with Crippen molar-refractivity contribution >= 4 is 22.9 Å². The Morgan fingerprint density at radius 3 is 3.00 bits per heavy atom. The molecule has 0 radical (unpaired) electrons. The second kappa shape index (κ2) is 4.61. The minimum atomic E-state index is 0.713. The topological polar surface area (TPSA) is 66.5 Å². The average Bonchev–Trinajstić information content (AvgIpc) is 2.92. The van der Waals surface area contributed by atoms with Crippen molar-refractivity contribution in [2.24, 2.45) is 0 Å². The van der Waals surface area contributed by atoms with Crippen LogP contribution in [0.2, 0.25) is 0 Å². The van der Waals surface area contributed by atoms with Gasteiger partial charge in [0, 0.05) is 6.20 Å². The molecular formula is C8H9N5S. The van der Waals surface area contributed by atoms with E-state index in [9.17, 15) is 0 Å². The van der Waals surface area contributed by atoms with Gasteiger partial charge in [0.2, 0.25) is 0 Å². The SMILES string of the molecule is C1=CSCN1.c1ncc2[nH]cnc2n1. The van der Waals surface area contributed by atoms with Crippen LogP contribution in [0.25, 0.3) is 11.2 Å². The van der Waals surface area contributed by atoms with Gasteiger partial charge in [-0.2, -0.15) is 0 Å². The summed E-state index contributed by atoms with van der Waals surface area (Å²) in [6, 6.07) is 0. The molecule has 2 aromatic heterocycles. The largest absolute Gasteiger partial charge is 0.381 e. The fourth-order valence-electron chi connectivity index (χ4n) is 0.931. The van der Waals surface area contributed by atoms with Gasteiger partial charge in [0.25, 0.3) is 0 Å². The molecule has 1 aliphatic heterocycles. The molecule has 5 nitrogen and oxygen atoms in total. The molecule has 14 heavy (non-hydrogen) atoms. The molecule has 1 aliphatic rings. The summed E-state index contributed by atoms with van der Waals surface area (Å²) in [6.07, 6.45) is 6.71. The van der Waals surface area contributed by atoms with Crippen molar-refractivity contribution in [3.05, 3.63) is 30.5 Å². The highest BCUT2D eigenvalue weighted by molar-refractivity contribution is 8.02. The van der Waals surface area contributed by atoms with Crippen molar-refractivity contribution in [1.29, 1.82) is 0 Å². The van der Waals surface area contributed by atoms with Gasteiger partial charge in [-0.25, -0.2) is 15.0 Å². The highest BCUT2D eigenvalue weighted by Crippen LogP contribution is 2.02. The van der Waals surface area contributed by atoms with E-state index in [0.29, 0.717) is 5.65 Å². The highest BCUT2D eigenvalue weighted by atomic mass is 32.2. The lowest BCUT2D eigenvalue weighted by Crippen LogP contribution is -1.93. The minimum absolute atomic E-state index is 0.713. The van der Waals surface area contributed by atoms with E-state index in [4.69, 9.17) is 0 Å². The molecule has 0 spiro atoms. The molecule has 0 saturated carbocycles. The first-order valence-corrected chi connectivity index (χ1v) is 5.11. The number of imidazole rings is 1. The van der Waals surface area contributed by atoms with Crippen molar-refractivity contribution in [2.75, 3.05) is 5.88 Å². The van der Waals surface area contributed by atoms with Crippen molar-refractivity contribution < 1.29 is 0 Å². The molecule has 0 fully saturated rings. The Morgan fingerprint density at radius 1 is 1.36 bits per heavy atom. The van der Waals surface area contributed by atoms with Crippen LogP contribution in [-0.2, 0) is 0 Å². The van der Waals surface area contributed by atoms with Gasteiger partial charge in [-0.3, -0.25) is 0 Å². The van der Waals surface area contributed by atoms with Gasteiger partial charge in [0.1, 0.15) is 11.8 Å². The van der Waals surface area contributed by atoms with Crippen LogP contribution in [0.1, 0.15) is 0 Å². The summed E-state index contributed by atoms with van der Waals surface area (Å²) >= 11 is 1.78. The summed E-state index contributed by atoms with van der Waals surface area (Å²) in [5, 5.41) is 5.05. The normalized spacial score (nSPS) is 13.4. The van der Waals surface area contributed by atoms with E-state index < -0.39 is 0 Å². The standard InChI is InChI=1S/C5H4N4.C3H5NS/c1-4-5(8-2-6-1)9-3-7-4;1-2-5-3-4-1/h1-3H,(H,6,7,8,9);1-2,4H,3H2. The first-order valence-electron chi connectivity index (χ1n) is 4.06. The number of rotatable bonds is 0. The number of H-pyrrole nitrogens is 1. The molecule has 2 N–H and O–H groups in total. The monoisotopic (exact) mass is 207 g/mol. The highest BCUT2D eigenvalue weighted by Gasteiger charge is 1.91. The van der Waals surface area contributed by atoms with Crippen molar-refractivity contribution in [1.82, 2.24) is 25.3 Å². The third kappa shape index (κ3) is 2.23. The van der Waals surface area contributed by atoms with Crippen LogP contribution in [0.5, 0.6) is 0 Å². The molecule has 3 rings (SSSR count). The Hall–Kier alpha value is -1.56. The van der Waals surface area contributed by atoms with Crippen LogP contribution in [0, 0.1) is 0 Å². The second-order valence-corrected chi connectivity index (χ2v) is 3.37. The van der Waals surface area contributed by atoms with Crippen LogP contribution >= 0.6 is 11.8 Å². The molecule has 3 heterocycles. The average molecular weight is 207 g/mol. The minimum Gasteiger partial charge on any atom is -0.381 e. The van der Waals surface area contributed by atoms with E-state index in [1.165, 1.54) is 6.33 Å². The molecule has 0 bridgehead atoms. The third-order valence-corrected chi connectivity index (χ3v) is 2.21. The lowest BCUT2D eigenvalue weighted by Gasteiger charge is -1.80. The lowest BCUT2D eigenvalue weighted by atomic mass is 10.6. The summed E-state index contributed by atoms with van der Waals surface area (Å²) in [5.41, 5.74) is 1.59. The van der Waals surface area contributed by atoms with Gasteiger partial charge in [-0.1, -0.05) is 0 Å². The smallest absolute Gasteiger partial charge is 0.180 e. The molecule has 0 aromatic carbocycles. The molecule has 0 atom stereocenters. The Balaban J connectivity index is 0.000000128. The van der Waals surface area contributed by atoms with Crippen LogP contribution < -0.4 is 5.32 Å². The van der Waals surface area contributed by atoms with Gasteiger partial charge >= 0.3 is 0 Å². The quantitative estimate of drug-likeness (QED) is 0.677. The summed E-state index contributed by atoms with van der Waals surface area (Å²) in [6.45, 7) is 0. The summed E-state index contributed by atoms with van der Waals surface area (Å²) in [7, 11) is 0. The summed E-state index contributed by atoms with van der Waals surface area (Å²) in [4.78, 5) is 14.5. The Morgan fingerprint density at radius 2 is 2.36 bits per heavy atom. The number of aromatic amines is 1. The number of nitrogens with zero attached hydrogens (tertiary/aromatic N) is 3. The van der Waals surface area contributed by atoms with Gasteiger partial charge in [0.05, 0.1) is 18.4 Å². The fourth-order valence-corrected chi connectivity index (χ4v) is 1.41. The zero-order valence-corrected chi connectivity index (χ0v) is 8.16. The summed E-state index contributed by atoms with van der Waals surface area (Å²) < 4.78 is 0. The molecule has 6 heteroatoms. The van der Waals surface area contributed by atoms with E-state index in [1.807, 2.05) is 11.6 Å². The maximum absolute atomic E-state index is 3.91. The van der Waals surface area contributed by atoms with Crippen molar-refractivity contribution in [3.8, 4) is 0 Å². The number of fused-ring (bicyclic) bond motifs is 1. The predicted octanol–water partition coefficient (Wildman–Crippen LogP) is 1.10. The van der Waals surface area contributed by atoms with E-state index in [-0.39, 0.29) is 0 Å². The van der Waals surface area contributed by atoms with Crippen molar-refractivity contribution in [2.45, 2.75) is 0 Å². The molecule has 0 aliphatic carbocycles. The number of hydrogen-bond acceptors (Lipinski definition) is 5. The molecule has 72 valence electrons. The van der Waals surface area contributed by atoms with Crippen LogP contribution in [0.3, 0.4) is 0 Å². The van der Waals surface area contributed by atoms with E-state index in [1.54, 1.807) is 24.3 Å². The second-order valence-electron chi connectivity index (χ2n) is 2.48. The van der Waals surface area contributed by atoms with Gasteiger partial charge < -0.3 is 10.3 Å². The summed E-state index contributed by atoms with van der Waals surface area (Å²) in [5.74, 6) is 1.06. The molecule has 0 unspecified atom stereocenters. The van der Waals surface area contributed by atoms with Crippen LogP contribution in [0.15, 0.2) is 30.5 Å². The van der Waals surface area contributed by atoms with Gasteiger partial charge in [-0.05, 0) is 5.41 Å². The van der Waals surface area contributed by atoms with Gasteiger partial charge in [0.15, 0.2) is 5.65 Å². The molecule has 0 saturated heterocycles. The molecule has 2 aromatic rings. The van der Waals surface area contributed by atoms with E-state index in [0.717, 1.165) is 11.4 Å². The third-order valence-electron chi connectivity index (χ3n) is 1.55. The first-order chi connectivity index (χ1) is 6.97. The van der Waals surface area contributed by atoms with Crippen LogP contribution in [0.4, 0.5) is 0 Å². The number of aromatic nitrogens is 4. The molecular weight excluding hydrogens is 198 g/mol. The van der Waals surface area contributed by atoms with Gasteiger partial charge in [-0.15, -0.1) is 11.8 Å². The number of hydrogen-bond donors (Lipinski definition) is 2. The number of nitrogens with one attached hydrogen (secondary N) is 2. The van der Waals surface area contributed by atoms with E-state index >= 15 is 0 Å². The first kappa shape index (κ1) is 9.01. The maximum Gasteiger partial charge on any atom is 0.180 e. The Labute approximate surface area is 85.1 Å². The zero-order chi connectivity index (χ0) is 9.64. The Kier molecular flexibility index (Phi) is 2.97. The van der Waals surface area contributed by atoms with Crippen molar-refractivity contribution in [3.63, 3.8) is 0 Å². The lowest BCUT2D eigenvalue weighted by molar-refractivity contribution is 1.08. The molecule has 0 amide bonds. The zero-order valence-electron chi connectivity index (χ0n) is 7.34. The Bertz CT molecular complexity index is 388. The van der Waals surface area contributed by atoms with E-state index in [2.05, 4.69) is 25.3 Å². The fraction of sp³-hybridized carbons (Fsp3) is 0.125. The number of thioether (sulfide) groups is 1.